The second-order valence-corrected chi connectivity index (χ2v) is 3.67. The SMILES string of the molecule is COc1cc2c(cnn2C)cc1Br. The summed E-state index contributed by atoms with van der Waals surface area (Å²) in [7, 11) is 3.57. The Kier molecular flexibility index (Phi) is 2.00. The molecule has 0 aliphatic carbocycles. The summed E-state index contributed by atoms with van der Waals surface area (Å²) >= 11 is 3.42. The van der Waals surface area contributed by atoms with Crippen LogP contribution in [0.1, 0.15) is 0 Å². The number of ether oxygens (including phenoxy) is 1. The quantitative estimate of drug-likeness (QED) is 0.766. The summed E-state index contributed by atoms with van der Waals surface area (Å²) in [5.41, 5.74) is 1.07. The van der Waals surface area contributed by atoms with Crippen LogP contribution in [0.3, 0.4) is 0 Å². The predicted octanol–water partition coefficient (Wildman–Crippen LogP) is 2.34. The average Bonchev–Trinajstić information content (AvgIpc) is 2.46. The van der Waals surface area contributed by atoms with Crippen molar-refractivity contribution in [2.75, 3.05) is 7.11 Å². The largest absolute Gasteiger partial charge is 0.495 e. The molecule has 0 fully saturated rings. The Labute approximate surface area is 84.4 Å². The van der Waals surface area contributed by atoms with Crippen LogP contribution in [0.15, 0.2) is 22.8 Å². The molecule has 2 aromatic rings. The summed E-state index contributed by atoms with van der Waals surface area (Å²) in [6.07, 6.45) is 1.83. The molecule has 13 heavy (non-hydrogen) atoms. The molecule has 0 radical (unpaired) electrons. The summed E-state index contributed by atoms with van der Waals surface area (Å²) in [5.74, 6) is 0.830. The number of hydrogen-bond donors (Lipinski definition) is 0. The number of aromatic nitrogens is 2. The molecular formula is C9H9BrN2O. The minimum absolute atomic E-state index is 0.830. The van der Waals surface area contributed by atoms with Gasteiger partial charge in [0, 0.05) is 18.5 Å². The third kappa shape index (κ3) is 1.31. The number of methoxy groups -OCH3 is 1. The van der Waals surface area contributed by atoms with Crippen molar-refractivity contribution in [1.29, 1.82) is 0 Å². The van der Waals surface area contributed by atoms with Gasteiger partial charge in [-0.2, -0.15) is 5.10 Å². The number of halogens is 1. The van der Waals surface area contributed by atoms with Crippen LogP contribution in [-0.2, 0) is 7.05 Å². The van der Waals surface area contributed by atoms with E-state index in [-0.39, 0.29) is 0 Å². The normalized spacial score (nSPS) is 10.7. The molecule has 4 heteroatoms. The Morgan fingerprint density at radius 3 is 2.92 bits per heavy atom. The molecule has 1 aromatic heterocycles. The maximum absolute atomic E-state index is 5.19. The standard InChI is InChI=1S/C9H9BrN2O/c1-12-8-4-9(13-2)7(10)3-6(8)5-11-12/h3-5H,1-2H3. The van der Waals surface area contributed by atoms with Gasteiger partial charge < -0.3 is 4.74 Å². The third-order valence-electron chi connectivity index (χ3n) is 2.02. The van der Waals surface area contributed by atoms with Crippen LogP contribution in [0.5, 0.6) is 5.75 Å². The number of aryl methyl sites for hydroxylation is 1. The number of hydrogen-bond acceptors (Lipinski definition) is 2. The zero-order valence-corrected chi connectivity index (χ0v) is 9.00. The van der Waals surface area contributed by atoms with Crippen molar-refractivity contribution in [2.45, 2.75) is 0 Å². The molecule has 0 aliphatic rings. The van der Waals surface area contributed by atoms with Crippen LogP contribution < -0.4 is 4.74 Å². The second-order valence-electron chi connectivity index (χ2n) is 2.81. The van der Waals surface area contributed by atoms with Crippen molar-refractivity contribution in [2.24, 2.45) is 7.05 Å². The lowest BCUT2D eigenvalue weighted by molar-refractivity contribution is 0.412. The summed E-state index contributed by atoms with van der Waals surface area (Å²) < 4.78 is 7.97. The second kappa shape index (κ2) is 3.03. The fourth-order valence-electron chi connectivity index (χ4n) is 1.31. The van der Waals surface area contributed by atoms with E-state index in [9.17, 15) is 0 Å². The Bertz CT molecular complexity index is 450. The fourth-order valence-corrected chi connectivity index (χ4v) is 1.83. The lowest BCUT2D eigenvalue weighted by Gasteiger charge is -2.03. The maximum Gasteiger partial charge on any atom is 0.135 e. The number of fused-ring (bicyclic) bond motifs is 1. The van der Waals surface area contributed by atoms with Crippen molar-refractivity contribution in [1.82, 2.24) is 9.78 Å². The van der Waals surface area contributed by atoms with Gasteiger partial charge in [0.1, 0.15) is 5.75 Å². The van der Waals surface area contributed by atoms with Crippen molar-refractivity contribution in [3.63, 3.8) is 0 Å². The number of nitrogens with zero attached hydrogens (tertiary/aromatic N) is 2. The van der Waals surface area contributed by atoms with Crippen LogP contribution in [0.25, 0.3) is 10.9 Å². The molecule has 1 heterocycles. The van der Waals surface area contributed by atoms with Crippen LogP contribution in [-0.4, -0.2) is 16.9 Å². The Hall–Kier alpha value is -1.03. The van der Waals surface area contributed by atoms with E-state index in [4.69, 9.17) is 4.74 Å². The first-order valence-corrected chi connectivity index (χ1v) is 4.67. The fraction of sp³-hybridized carbons (Fsp3) is 0.222. The van der Waals surface area contributed by atoms with Crippen LogP contribution in [0.4, 0.5) is 0 Å². The first-order valence-electron chi connectivity index (χ1n) is 3.87. The van der Waals surface area contributed by atoms with Crippen molar-refractivity contribution >= 4 is 26.8 Å². The van der Waals surface area contributed by atoms with E-state index >= 15 is 0 Å². The predicted molar refractivity (Wildman–Crippen MR) is 55.0 cm³/mol. The molecule has 0 bridgehead atoms. The van der Waals surface area contributed by atoms with Gasteiger partial charge in [0.05, 0.1) is 23.3 Å². The first-order chi connectivity index (χ1) is 6.22. The van der Waals surface area contributed by atoms with Gasteiger partial charge in [-0.3, -0.25) is 4.68 Å². The highest BCUT2D eigenvalue weighted by Gasteiger charge is 2.05. The topological polar surface area (TPSA) is 27.1 Å². The first kappa shape index (κ1) is 8.56. The van der Waals surface area contributed by atoms with Gasteiger partial charge in [-0.25, -0.2) is 0 Å². The van der Waals surface area contributed by atoms with E-state index in [1.165, 1.54) is 0 Å². The minimum Gasteiger partial charge on any atom is -0.495 e. The molecule has 0 spiro atoms. The zero-order chi connectivity index (χ0) is 9.42. The number of rotatable bonds is 1. The molecule has 2 rings (SSSR count). The molecule has 3 nitrogen and oxygen atoms in total. The Morgan fingerprint density at radius 2 is 2.23 bits per heavy atom. The van der Waals surface area contributed by atoms with Crippen LogP contribution in [0, 0.1) is 0 Å². The van der Waals surface area contributed by atoms with Crippen LogP contribution >= 0.6 is 15.9 Å². The van der Waals surface area contributed by atoms with Crippen molar-refractivity contribution in [3.8, 4) is 5.75 Å². The van der Waals surface area contributed by atoms with E-state index in [1.54, 1.807) is 7.11 Å². The minimum atomic E-state index is 0.830. The van der Waals surface area contributed by atoms with Gasteiger partial charge in [-0.1, -0.05) is 0 Å². The van der Waals surface area contributed by atoms with E-state index in [0.717, 1.165) is 21.1 Å². The molecular weight excluding hydrogens is 232 g/mol. The molecule has 0 amide bonds. The van der Waals surface area contributed by atoms with Crippen molar-refractivity contribution < 1.29 is 4.74 Å². The molecule has 0 saturated heterocycles. The van der Waals surface area contributed by atoms with Crippen molar-refractivity contribution in [3.05, 3.63) is 22.8 Å². The summed E-state index contributed by atoms with van der Waals surface area (Å²) in [4.78, 5) is 0. The van der Waals surface area contributed by atoms with Crippen LogP contribution in [0.2, 0.25) is 0 Å². The number of benzene rings is 1. The molecule has 0 aliphatic heterocycles. The third-order valence-corrected chi connectivity index (χ3v) is 2.64. The average molecular weight is 241 g/mol. The van der Waals surface area contributed by atoms with Gasteiger partial charge in [-0.15, -0.1) is 0 Å². The molecule has 0 N–H and O–H groups in total. The van der Waals surface area contributed by atoms with E-state index in [1.807, 2.05) is 30.1 Å². The van der Waals surface area contributed by atoms with Gasteiger partial charge in [-0.05, 0) is 22.0 Å². The molecule has 1 aromatic carbocycles. The van der Waals surface area contributed by atoms with Gasteiger partial charge in [0.15, 0.2) is 0 Å². The highest BCUT2D eigenvalue weighted by Crippen LogP contribution is 2.29. The smallest absolute Gasteiger partial charge is 0.135 e. The molecule has 0 atom stereocenters. The summed E-state index contributed by atoms with van der Waals surface area (Å²) in [6, 6.07) is 3.97. The van der Waals surface area contributed by atoms with Gasteiger partial charge in [0.25, 0.3) is 0 Å². The maximum atomic E-state index is 5.19. The zero-order valence-electron chi connectivity index (χ0n) is 7.41. The highest BCUT2D eigenvalue weighted by molar-refractivity contribution is 9.10. The summed E-state index contributed by atoms with van der Waals surface area (Å²) in [6.45, 7) is 0. The molecule has 0 unspecified atom stereocenters. The van der Waals surface area contributed by atoms with Gasteiger partial charge in [0.2, 0.25) is 0 Å². The lowest BCUT2D eigenvalue weighted by atomic mass is 10.2. The summed E-state index contributed by atoms with van der Waals surface area (Å²) in [5, 5.41) is 5.26. The Morgan fingerprint density at radius 1 is 1.46 bits per heavy atom. The van der Waals surface area contributed by atoms with Gasteiger partial charge >= 0.3 is 0 Å². The highest BCUT2D eigenvalue weighted by atomic mass is 79.9. The Balaban J connectivity index is 2.77. The van der Waals surface area contributed by atoms with E-state index < -0.39 is 0 Å². The molecule has 68 valence electrons. The van der Waals surface area contributed by atoms with E-state index in [0.29, 0.717) is 0 Å². The lowest BCUT2D eigenvalue weighted by Crippen LogP contribution is -1.90. The van der Waals surface area contributed by atoms with E-state index in [2.05, 4.69) is 21.0 Å². The monoisotopic (exact) mass is 240 g/mol. The molecule has 0 saturated carbocycles.